The van der Waals surface area contributed by atoms with Crippen LogP contribution in [0.4, 0.5) is 0 Å². The third-order valence-electron chi connectivity index (χ3n) is 6.03. The van der Waals surface area contributed by atoms with Crippen LogP contribution < -0.4 is 10.1 Å². The summed E-state index contributed by atoms with van der Waals surface area (Å²) in [6.07, 6.45) is -5.12. The highest BCUT2D eigenvalue weighted by atomic mass is 35.5. The smallest absolute Gasteiger partial charge is 0.225 e. The van der Waals surface area contributed by atoms with E-state index in [1.54, 1.807) is 7.11 Å². The lowest BCUT2D eigenvalue weighted by molar-refractivity contribution is -0.130. The van der Waals surface area contributed by atoms with E-state index in [4.69, 9.17) is 21.4 Å². The van der Waals surface area contributed by atoms with Crippen LogP contribution in [0.15, 0.2) is 42.5 Å². The van der Waals surface area contributed by atoms with Crippen LogP contribution in [0.1, 0.15) is 16.8 Å². The number of ether oxygens (including phenoxy) is 1. The lowest BCUT2D eigenvalue weighted by atomic mass is 10.0. The van der Waals surface area contributed by atoms with Crippen LogP contribution in [-0.4, -0.2) is 75.3 Å². The average molecular weight is 505 g/mol. The summed E-state index contributed by atoms with van der Waals surface area (Å²) in [4.78, 5) is 24.4. The Kier molecular flexibility index (Phi) is 8.87. The zero-order chi connectivity index (χ0) is 25.7. The number of aldehydes is 1. The quantitative estimate of drug-likeness (QED) is 0.245. The molecule has 0 saturated carbocycles. The van der Waals surface area contributed by atoms with E-state index in [9.17, 15) is 24.9 Å². The number of hydrogen-bond donors (Lipinski definition) is 5. The minimum Gasteiger partial charge on any atom is -0.497 e. The van der Waals surface area contributed by atoms with Crippen molar-refractivity contribution in [3.8, 4) is 5.75 Å². The normalized spacial score (nSPS) is 14.8. The van der Waals surface area contributed by atoms with Gasteiger partial charge in [-0.15, -0.1) is 0 Å². The second-order valence-corrected chi connectivity index (χ2v) is 8.73. The van der Waals surface area contributed by atoms with Gasteiger partial charge in [0, 0.05) is 28.2 Å². The Morgan fingerprint density at radius 1 is 1.14 bits per heavy atom. The third-order valence-corrected chi connectivity index (χ3v) is 6.28. The van der Waals surface area contributed by atoms with Gasteiger partial charge in [0.1, 0.15) is 36.4 Å². The van der Waals surface area contributed by atoms with Gasteiger partial charge >= 0.3 is 0 Å². The van der Waals surface area contributed by atoms with E-state index in [2.05, 4.69) is 9.88 Å². The summed E-state index contributed by atoms with van der Waals surface area (Å²) in [6.45, 7) is 1.61. The van der Waals surface area contributed by atoms with Crippen molar-refractivity contribution in [2.24, 2.45) is 0 Å². The van der Waals surface area contributed by atoms with E-state index in [1.165, 1.54) is 0 Å². The average Bonchev–Trinajstić information content (AvgIpc) is 3.12. The van der Waals surface area contributed by atoms with Crippen molar-refractivity contribution in [1.82, 2.24) is 9.88 Å². The highest BCUT2D eigenvalue weighted by molar-refractivity contribution is 6.30. The van der Waals surface area contributed by atoms with Gasteiger partial charge in [-0.3, -0.25) is 4.79 Å². The molecule has 0 aliphatic heterocycles. The number of amides is 1. The highest BCUT2D eigenvalue weighted by Crippen LogP contribution is 2.31. The van der Waals surface area contributed by atoms with Crippen LogP contribution in [-0.2, 0) is 22.6 Å². The maximum atomic E-state index is 12.9. The predicted molar refractivity (Wildman–Crippen MR) is 131 cm³/mol. The summed E-state index contributed by atoms with van der Waals surface area (Å²) in [5.41, 5.74) is 3.44. The zero-order valence-corrected chi connectivity index (χ0v) is 20.1. The first-order chi connectivity index (χ1) is 16.7. The first-order valence-corrected chi connectivity index (χ1v) is 11.4. The molecule has 3 aromatic rings. The van der Waals surface area contributed by atoms with Crippen LogP contribution >= 0.6 is 11.6 Å². The van der Waals surface area contributed by atoms with E-state index in [0.29, 0.717) is 22.9 Å². The maximum absolute atomic E-state index is 12.9. The summed E-state index contributed by atoms with van der Waals surface area (Å²) in [5, 5.41) is 42.4. The summed E-state index contributed by atoms with van der Waals surface area (Å²) in [7, 11) is 1.55. The SMILES string of the molecule is COc1ccc2c(c1)c(CC(=O)N[C@H](C=O)[C@@H](O)[C@H](O)[C@H](O)CO)c(C)n2Cc1ccc(Cl)cc1. The van der Waals surface area contributed by atoms with Crippen LogP contribution in [0.25, 0.3) is 10.9 Å². The highest BCUT2D eigenvalue weighted by Gasteiger charge is 2.32. The van der Waals surface area contributed by atoms with Crippen molar-refractivity contribution in [3.63, 3.8) is 0 Å². The second-order valence-electron chi connectivity index (χ2n) is 8.30. The van der Waals surface area contributed by atoms with Gasteiger partial charge in [-0.25, -0.2) is 0 Å². The number of nitrogens with zero attached hydrogens (tertiary/aromatic N) is 1. The molecule has 35 heavy (non-hydrogen) atoms. The van der Waals surface area contributed by atoms with Gasteiger partial charge in [0.2, 0.25) is 5.91 Å². The largest absolute Gasteiger partial charge is 0.497 e. The summed E-state index contributed by atoms with van der Waals surface area (Å²) in [5.74, 6) is 0.0494. The number of carbonyl (C=O) groups excluding carboxylic acids is 2. The summed E-state index contributed by atoms with van der Waals surface area (Å²) in [6, 6.07) is 11.6. The van der Waals surface area contributed by atoms with Gasteiger partial charge in [-0.1, -0.05) is 23.7 Å². The molecule has 0 bridgehead atoms. The number of nitrogens with one attached hydrogen (secondary N) is 1. The van der Waals surface area contributed by atoms with Gasteiger partial charge in [-0.05, 0) is 48.4 Å². The Bertz CT molecular complexity index is 1180. The summed E-state index contributed by atoms with van der Waals surface area (Å²) >= 11 is 6.01. The Morgan fingerprint density at radius 2 is 1.83 bits per heavy atom. The van der Waals surface area contributed by atoms with Gasteiger partial charge < -0.3 is 39.8 Å². The van der Waals surface area contributed by atoms with Crippen LogP contribution in [0, 0.1) is 6.92 Å². The molecule has 0 unspecified atom stereocenters. The number of methoxy groups -OCH3 is 1. The van der Waals surface area contributed by atoms with Gasteiger partial charge in [0.15, 0.2) is 0 Å². The predicted octanol–water partition coefficient (Wildman–Crippen LogP) is 0.961. The molecule has 0 aliphatic rings. The number of halogens is 1. The zero-order valence-electron chi connectivity index (χ0n) is 19.4. The monoisotopic (exact) mass is 504 g/mol. The number of aliphatic hydroxyl groups is 4. The molecule has 3 rings (SSSR count). The molecule has 5 N–H and O–H groups in total. The molecule has 0 fully saturated rings. The molecule has 9 nitrogen and oxygen atoms in total. The Hall–Kier alpha value is -2.95. The topological polar surface area (TPSA) is 141 Å². The van der Waals surface area contributed by atoms with E-state index in [-0.39, 0.29) is 12.7 Å². The summed E-state index contributed by atoms with van der Waals surface area (Å²) < 4.78 is 7.42. The standard InChI is InChI=1S/C25H29ClN2O7/c1-14-18(10-23(32)27-20(12-29)24(33)25(34)22(31)13-30)19-9-17(35-2)7-8-21(19)28(14)11-15-3-5-16(26)6-4-15/h3-9,12,20,22,24-25,30-31,33-34H,10-11,13H2,1-2H3,(H,27,32)/t20-,22-,24-,25-/m1/s1. The molecule has 0 radical (unpaired) electrons. The van der Waals surface area contributed by atoms with Crippen molar-refractivity contribution in [3.05, 3.63) is 64.3 Å². The van der Waals surface area contributed by atoms with Gasteiger partial charge in [0.25, 0.3) is 0 Å². The Morgan fingerprint density at radius 3 is 2.43 bits per heavy atom. The number of fused-ring (bicyclic) bond motifs is 1. The van der Waals surface area contributed by atoms with Crippen molar-refractivity contribution in [2.75, 3.05) is 13.7 Å². The number of hydrogen-bond acceptors (Lipinski definition) is 7. The molecule has 188 valence electrons. The fourth-order valence-corrected chi connectivity index (χ4v) is 4.13. The molecule has 0 aliphatic carbocycles. The first kappa shape index (κ1) is 26.7. The molecule has 4 atom stereocenters. The first-order valence-electron chi connectivity index (χ1n) is 11.0. The fraction of sp³-hybridized carbons (Fsp3) is 0.360. The van der Waals surface area contributed by atoms with Crippen molar-refractivity contribution >= 4 is 34.7 Å². The van der Waals surface area contributed by atoms with Crippen molar-refractivity contribution in [1.29, 1.82) is 0 Å². The van der Waals surface area contributed by atoms with Crippen molar-refractivity contribution < 1.29 is 34.8 Å². The van der Waals surface area contributed by atoms with Gasteiger partial charge in [-0.2, -0.15) is 0 Å². The van der Waals surface area contributed by atoms with Gasteiger partial charge in [0.05, 0.1) is 20.1 Å². The molecule has 2 aromatic carbocycles. The number of benzene rings is 2. The lowest BCUT2D eigenvalue weighted by Gasteiger charge is -2.26. The number of carbonyl (C=O) groups is 2. The van der Waals surface area contributed by atoms with Crippen LogP contribution in [0.2, 0.25) is 5.02 Å². The second kappa shape index (κ2) is 11.7. The number of rotatable bonds is 11. The number of aliphatic hydroxyl groups excluding tert-OH is 4. The van der Waals surface area contributed by atoms with E-state index in [1.807, 2.05) is 49.4 Å². The minimum absolute atomic E-state index is 0.112. The lowest BCUT2D eigenvalue weighted by Crippen LogP contribution is -2.53. The molecule has 1 aromatic heterocycles. The molecule has 10 heteroatoms. The Labute approximate surface area is 207 Å². The maximum Gasteiger partial charge on any atom is 0.225 e. The van der Waals surface area contributed by atoms with E-state index < -0.39 is 36.9 Å². The van der Waals surface area contributed by atoms with E-state index >= 15 is 0 Å². The van der Waals surface area contributed by atoms with Crippen molar-refractivity contribution in [2.45, 2.75) is 44.2 Å². The molecule has 1 heterocycles. The molecule has 0 spiro atoms. The third kappa shape index (κ3) is 6.01. The minimum atomic E-state index is -1.82. The molecular weight excluding hydrogens is 476 g/mol. The Balaban J connectivity index is 1.91. The van der Waals surface area contributed by atoms with E-state index in [0.717, 1.165) is 22.2 Å². The van der Waals surface area contributed by atoms with Crippen LogP contribution in [0.5, 0.6) is 5.75 Å². The molecular formula is C25H29ClN2O7. The molecule has 0 saturated heterocycles. The fourth-order valence-electron chi connectivity index (χ4n) is 4.00. The number of aromatic nitrogens is 1. The molecule has 1 amide bonds. The van der Waals surface area contributed by atoms with Crippen LogP contribution in [0.3, 0.4) is 0 Å².